The zero-order valence-electron chi connectivity index (χ0n) is 15.0. The normalized spacial score (nSPS) is 13.4. The SMILES string of the molecule is c1cc(C2=C(c3ccncc3)C(c3ccncc3)=C2c2ccncc2)ccn1. The molecule has 0 unspecified atom stereocenters. The van der Waals surface area contributed by atoms with Crippen LogP contribution in [0.2, 0.25) is 0 Å². The highest BCUT2D eigenvalue weighted by atomic mass is 14.6. The molecule has 0 atom stereocenters. The van der Waals surface area contributed by atoms with E-state index >= 15 is 0 Å². The van der Waals surface area contributed by atoms with Crippen molar-refractivity contribution in [1.82, 2.24) is 19.9 Å². The van der Waals surface area contributed by atoms with Gasteiger partial charge in [-0.15, -0.1) is 0 Å². The number of pyridine rings is 4. The third-order valence-electron chi connectivity index (χ3n) is 4.88. The van der Waals surface area contributed by atoms with Crippen LogP contribution in [0.25, 0.3) is 22.3 Å². The minimum Gasteiger partial charge on any atom is -0.265 e. The topological polar surface area (TPSA) is 51.6 Å². The molecule has 0 aromatic carbocycles. The van der Waals surface area contributed by atoms with Gasteiger partial charge in [-0.25, -0.2) is 0 Å². The molecule has 0 saturated heterocycles. The molecule has 0 spiro atoms. The van der Waals surface area contributed by atoms with Crippen LogP contribution in [0.1, 0.15) is 22.3 Å². The minimum absolute atomic E-state index is 1.14. The van der Waals surface area contributed by atoms with Crippen LogP contribution in [0.3, 0.4) is 0 Å². The minimum atomic E-state index is 1.14. The van der Waals surface area contributed by atoms with Crippen LogP contribution in [-0.4, -0.2) is 19.9 Å². The average Bonchev–Trinajstić information content (AvgIpc) is 2.76. The fourth-order valence-corrected chi connectivity index (χ4v) is 3.67. The van der Waals surface area contributed by atoms with Crippen molar-refractivity contribution in [3.8, 4) is 0 Å². The molecule has 132 valence electrons. The Labute approximate surface area is 163 Å². The quantitative estimate of drug-likeness (QED) is 0.524. The second kappa shape index (κ2) is 7.00. The van der Waals surface area contributed by atoms with E-state index in [0.717, 1.165) is 22.3 Å². The summed E-state index contributed by atoms with van der Waals surface area (Å²) < 4.78 is 0. The molecule has 0 N–H and O–H groups in total. The summed E-state index contributed by atoms with van der Waals surface area (Å²) in [5.41, 5.74) is 9.44. The Kier molecular flexibility index (Phi) is 4.07. The molecule has 4 aromatic rings. The average molecular weight is 360 g/mol. The van der Waals surface area contributed by atoms with Gasteiger partial charge in [0.05, 0.1) is 0 Å². The molecule has 0 amide bonds. The summed E-state index contributed by atoms with van der Waals surface area (Å²) in [7, 11) is 0. The molecule has 1 aliphatic carbocycles. The van der Waals surface area contributed by atoms with Crippen molar-refractivity contribution >= 4 is 22.3 Å². The lowest BCUT2D eigenvalue weighted by atomic mass is 9.70. The lowest BCUT2D eigenvalue weighted by Gasteiger charge is -2.33. The maximum atomic E-state index is 4.19. The molecule has 1 aliphatic rings. The molecule has 4 nitrogen and oxygen atoms in total. The number of hydrogen-bond acceptors (Lipinski definition) is 4. The van der Waals surface area contributed by atoms with Crippen molar-refractivity contribution in [3.63, 3.8) is 0 Å². The lowest BCUT2D eigenvalue weighted by molar-refractivity contribution is 1.30. The fourth-order valence-electron chi connectivity index (χ4n) is 3.67. The highest BCUT2D eigenvalue weighted by Crippen LogP contribution is 2.55. The van der Waals surface area contributed by atoms with Crippen LogP contribution in [0, 0.1) is 0 Å². The number of nitrogens with zero attached hydrogens (tertiary/aromatic N) is 4. The smallest absolute Gasteiger partial charge is 0.0273 e. The van der Waals surface area contributed by atoms with E-state index in [2.05, 4.69) is 68.5 Å². The van der Waals surface area contributed by atoms with Gasteiger partial charge in [0.15, 0.2) is 0 Å². The Morgan fingerprint density at radius 3 is 0.643 bits per heavy atom. The van der Waals surface area contributed by atoms with Crippen molar-refractivity contribution in [1.29, 1.82) is 0 Å². The van der Waals surface area contributed by atoms with Crippen LogP contribution >= 0.6 is 0 Å². The third kappa shape index (κ3) is 2.72. The van der Waals surface area contributed by atoms with Gasteiger partial charge in [0.2, 0.25) is 0 Å². The van der Waals surface area contributed by atoms with Gasteiger partial charge in [0, 0.05) is 49.6 Å². The number of rotatable bonds is 4. The molecule has 0 radical (unpaired) electrons. The van der Waals surface area contributed by atoms with E-state index in [4.69, 9.17) is 0 Å². The predicted octanol–water partition coefficient (Wildman–Crippen LogP) is 4.80. The fraction of sp³-hybridized carbons (Fsp3) is 0. The van der Waals surface area contributed by atoms with E-state index in [1.807, 2.05) is 49.6 Å². The maximum Gasteiger partial charge on any atom is 0.0273 e. The van der Waals surface area contributed by atoms with E-state index in [-0.39, 0.29) is 0 Å². The Morgan fingerprint density at radius 2 is 0.464 bits per heavy atom. The molecule has 4 aromatic heterocycles. The molecule has 0 aliphatic heterocycles. The summed E-state index contributed by atoms with van der Waals surface area (Å²) in [4.78, 5) is 16.8. The van der Waals surface area contributed by atoms with Crippen molar-refractivity contribution < 1.29 is 0 Å². The van der Waals surface area contributed by atoms with Crippen LogP contribution in [-0.2, 0) is 0 Å². The summed E-state index contributed by atoms with van der Waals surface area (Å²) in [6.45, 7) is 0. The first kappa shape index (κ1) is 16.3. The van der Waals surface area contributed by atoms with E-state index in [1.54, 1.807) is 0 Å². The molecule has 0 saturated carbocycles. The van der Waals surface area contributed by atoms with Crippen LogP contribution in [0.4, 0.5) is 0 Å². The first-order chi connectivity index (χ1) is 13.9. The third-order valence-corrected chi connectivity index (χ3v) is 4.88. The number of hydrogen-bond donors (Lipinski definition) is 0. The second-order valence-electron chi connectivity index (χ2n) is 6.44. The molecular weight excluding hydrogens is 344 g/mol. The van der Waals surface area contributed by atoms with Crippen molar-refractivity contribution in [2.75, 3.05) is 0 Å². The molecular formula is C24H16N4. The van der Waals surface area contributed by atoms with E-state index < -0.39 is 0 Å². The summed E-state index contributed by atoms with van der Waals surface area (Å²) in [5, 5.41) is 0. The standard InChI is InChI=1S/C24H16N4/c1-9-25-10-2-17(1)21-22(18-3-11-26-12-4-18)24(20-7-15-28-16-8-20)23(21)19-5-13-27-14-6-19/h1-16H. The summed E-state index contributed by atoms with van der Waals surface area (Å²) in [6, 6.07) is 16.5. The lowest BCUT2D eigenvalue weighted by Crippen LogP contribution is -2.10. The highest BCUT2D eigenvalue weighted by Gasteiger charge is 2.32. The van der Waals surface area contributed by atoms with E-state index in [0.29, 0.717) is 0 Å². The zero-order chi connectivity index (χ0) is 18.8. The Bertz CT molecular complexity index is 963. The summed E-state index contributed by atoms with van der Waals surface area (Å²) >= 11 is 0. The van der Waals surface area contributed by atoms with Crippen molar-refractivity contribution in [2.24, 2.45) is 0 Å². The maximum absolute atomic E-state index is 4.19. The number of aromatic nitrogens is 4. The Hall–Kier alpha value is -3.92. The molecule has 5 rings (SSSR count). The Balaban J connectivity index is 1.80. The first-order valence-electron chi connectivity index (χ1n) is 9.04. The van der Waals surface area contributed by atoms with E-state index in [1.165, 1.54) is 22.3 Å². The van der Waals surface area contributed by atoms with Crippen molar-refractivity contribution in [3.05, 3.63) is 120 Å². The van der Waals surface area contributed by atoms with Gasteiger partial charge in [0.25, 0.3) is 0 Å². The van der Waals surface area contributed by atoms with Gasteiger partial charge in [-0.05, 0) is 93.1 Å². The van der Waals surface area contributed by atoms with Crippen LogP contribution in [0.5, 0.6) is 0 Å². The molecule has 4 heteroatoms. The van der Waals surface area contributed by atoms with Crippen molar-refractivity contribution in [2.45, 2.75) is 0 Å². The van der Waals surface area contributed by atoms with Crippen LogP contribution < -0.4 is 0 Å². The van der Waals surface area contributed by atoms with Gasteiger partial charge in [-0.3, -0.25) is 19.9 Å². The summed E-state index contributed by atoms with van der Waals surface area (Å²) in [6.07, 6.45) is 14.7. The first-order valence-corrected chi connectivity index (χ1v) is 9.04. The van der Waals surface area contributed by atoms with Gasteiger partial charge >= 0.3 is 0 Å². The van der Waals surface area contributed by atoms with E-state index in [9.17, 15) is 0 Å². The number of allylic oxidation sites excluding steroid dienone is 4. The van der Waals surface area contributed by atoms with Gasteiger partial charge < -0.3 is 0 Å². The summed E-state index contributed by atoms with van der Waals surface area (Å²) in [5.74, 6) is 0. The highest BCUT2D eigenvalue weighted by molar-refractivity contribution is 6.43. The van der Waals surface area contributed by atoms with Crippen LogP contribution in [0.15, 0.2) is 98.1 Å². The van der Waals surface area contributed by atoms with Gasteiger partial charge in [-0.1, -0.05) is 0 Å². The van der Waals surface area contributed by atoms with Gasteiger partial charge in [0.1, 0.15) is 0 Å². The molecule has 0 fully saturated rings. The molecule has 4 heterocycles. The monoisotopic (exact) mass is 360 g/mol. The molecule has 28 heavy (non-hydrogen) atoms. The largest absolute Gasteiger partial charge is 0.265 e. The zero-order valence-corrected chi connectivity index (χ0v) is 15.0. The predicted molar refractivity (Wildman–Crippen MR) is 111 cm³/mol. The second-order valence-corrected chi connectivity index (χ2v) is 6.44. The Morgan fingerprint density at radius 1 is 0.286 bits per heavy atom. The van der Waals surface area contributed by atoms with Gasteiger partial charge in [-0.2, -0.15) is 0 Å². The molecule has 0 bridgehead atoms.